The van der Waals surface area contributed by atoms with E-state index in [1.807, 2.05) is 33.8 Å². The lowest BCUT2D eigenvalue weighted by atomic mass is 10.1. The molecule has 0 radical (unpaired) electrons. The molecule has 0 aliphatic heterocycles. The van der Waals surface area contributed by atoms with Crippen LogP contribution >= 0.6 is 0 Å². The van der Waals surface area contributed by atoms with Gasteiger partial charge in [-0.2, -0.15) is 0 Å². The van der Waals surface area contributed by atoms with E-state index in [0.717, 1.165) is 13.0 Å². The zero-order valence-electron chi connectivity index (χ0n) is 13.1. The number of hydrogen-bond acceptors (Lipinski definition) is 3. The molecule has 0 amide bonds. The van der Waals surface area contributed by atoms with Crippen molar-refractivity contribution in [2.45, 2.75) is 45.8 Å². The Bertz CT molecular complexity index is 421. The Labute approximate surface area is 121 Å². The van der Waals surface area contributed by atoms with E-state index in [9.17, 15) is 4.39 Å². The molecule has 1 atom stereocenters. The monoisotopic (exact) mass is 283 g/mol. The summed E-state index contributed by atoms with van der Waals surface area (Å²) in [6, 6.07) is 4.88. The van der Waals surface area contributed by atoms with Gasteiger partial charge in [0, 0.05) is 25.1 Å². The Balaban J connectivity index is 2.77. The van der Waals surface area contributed by atoms with Crippen LogP contribution in [-0.2, 0) is 4.74 Å². The summed E-state index contributed by atoms with van der Waals surface area (Å²) in [4.78, 5) is 0. The molecule has 0 fully saturated rings. The number of nitrogens with one attached hydrogen (secondary N) is 1. The Morgan fingerprint density at radius 3 is 2.65 bits per heavy atom. The van der Waals surface area contributed by atoms with Crippen LogP contribution in [0.1, 0.15) is 45.7 Å². The van der Waals surface area contributed by atoms with Crippen LogP contribution in [0.5, 0.6) is 5.75 Å². The molecule has 1 rings (SSSR count). The minimum atomic E-state index is -0.235. The van der Waals surface area contributed by atoms with Crippen molar-refractivity contribution in [1.82, 2.24) is 5.32 Å². The minimum absolute atomic E-state index is 0.0772. The minimum Gasteiger partial charge on any atom is -0.493 e. The Hall–Kier alpha value is -1.13. The highest BCUT2D eigenvalue weighted by molar-refractivity contribution is 5.37. The fourth-order valence-corrected chi connectivity index (χ4v) is 1.98. The van der Waals surface area contributed by atoms with Gasteiger partial charge in [0.25, 0.3) is 0 Å². The molecule has 1 aromatic carbocycles. The molecule has 0 heterocycles. The Kier molecular flexibility index (Phi) is 6.43. The van der Waals surface area contributed by atoms with Gasteiger partial charge in [-0.25, -0.2) is 4.39 Å². The molecular weight excluding hydrogens is 257 g/mol. The summed E-state index contributed by atoms with van der Waals surface area (Å²) in [5.74, 6) is 0.368. The highest BCUT2D eigenvalue weighted by atomic mass is 19.1. The summed E-state index contributed by atoms with van der Waals surface area (Å²) in [5, 5.41) is 3.22. The molecule has 0 saturated carbocycles. The molecule has 20 heavy (non-hydrogen) atoms. The highest BCUT2D eigenvalue weighted by Gasteiger charge is 2.19. The molecule has 0 aromatic heterocycles. The molecule has 1 unspecified atom stereocenters. The fourth-order valence-electron chi connectivity index (χ4n) is 1.98. The normalized spacial score (nSPS) is 13.3. The second-order valence-electron chi connectivity index (χ2n) is 5.49. The van der Waals surface area contributed by atoms with Gasteiger partial charge in [-0.05, 0) is 39.4 Å². The molecule has 114 valence electrons. The third-order valence-corrected chi connectivity index (χ3v) is 3.47. The number of benzene rings is 1. The average Bonchev–Trinajstić information content (AvgIpc) is 2.39. The number of methoxy groups -OCH3 is 1. The molecule has 4 heteroatoms. The summed E-state index contributed by atoms with van der Waals surface area (Å²) in [6.45, 7) is 9.23. The van der Waals surface area contributed by atoms with Gasteiger partial charge in [-0.1, -0.05) is 13.0 Å². The lowest BCUT2D eigenvalue weighted by molar-refractivity contribution is 0.00532. The van der Waals surface area contributed by atoms with Crippen molar-refractivity contribution in [2.75, 3.05) is 20.3 Å². The van der Waals surface area contributed by atoms with Crippen LogP contribution in [0.2, 0.25) is 0 Å². The summed E-state index contributed by atoms with van der Waals surface area (Å²) in [7, 11) is 1.68. The largest absolute Gasteiger partial charge is 0.493 e. The number of hydrogen-bond donors (Lipinski definition) is 1. The topological polar surface area (TPSA) is 30.5 Å². The second-order valence-corrected chi connectivity index (χ2v) is 5.49. The molecule has 0 saturated heterocycles. The van der Waals surface area contributed by atoms with Gasteiger partial charge in [0.1, 0.15) is 11.6 Å². The zero-order valence-corrected chi connectivity index (χ0v) is 13.1. The average molecular weight is 283 g/mol. The predicted octanol–water partition coefficient (Wildman–Crippen LogP) is 3.69. The summed E-state index contributed by atoms with van der Waals surface area (Å²) < 4.78 is 25.1. The van der Waals surface area contributed by atoms with Crippen molar-refractivity contribution in [3.8, 4) is 5.75 Å². The van der Waals surface area contributed by atoms with Crippen LogP contribution < -0.4 is 10.1 Å². The zero-order chi connectivity index (χ0) is 15.2. The Morgan fingerprint density at radius 2 is 2.05 bits per heavy atom. The van der Waals surface area contributed by atoms with Gasteiger partial charge in [-0.15, -0.1) is 0 Å². The van der Waals surface area contributed by atoms with Crippen LogP contribution in [-0.4, -0.2) is 25.9 Å². The summed E-state index contributed by atoms with van der Waals surface area (Å²) in [6.07, 6.45) is 0.745. The smallest absolute Gasteiger partial charge is 0.131 e. The van der Waals surface area contributed by atoms with Gasteiger partial charge >= 0.3 is 0 Å². The quantitative estimate of drug-likeness (QED) is 0.789. The van der Waals surface area contributed by atoms with Crippen LogP contribution in [0.3, 0.4) is 0 Å². The van der Waals surface area contributed by atoms with E-state index in [2.05, 4.69) is 5.32 Å². The maximum absolute atomic E-state index is 14.0. The van der Waals surface area contributed by atoms with Crippen molar-refractivity contribution in [3.63, 3.8) is 0 Å². The van der Waals surface area contributed by atoms with E-state index < -0.39 is 0 Å². The Morgan fingerprint density at radius 1 is 1.35 bits per heavy atom. The maximum Gasteiger partial charge on any atom is 0.131 e. The molecule has 0 aliphatic rings. The first-order chi connectivity index (χ1) is 9.41. The lowest BCUT2D eigenvalue weighted by Gasteiger charge is -2.24. The third kappa shape index (κ3) is 4.76. The van der Waals surface area contributed by atoms with Crippen molar-refractivity contribution in [1.29, 1.82) is 0 Å². The number of rotatable bonds is 8. The fraction of sp³-hybridized carbons (Fsp3) is 0.625. The van der Waals surface area contributed by atoms with Gasteiger partial charge < -0.3 is 14.8 Å². The maximum atomic E-state index is 14.0. The molecule has 0 aliphatic carbocycles. The molecular formula is C16H26FNO2. The SMILES string of the molecule is CCNC(C)c1c(F)cccc1OCCC(C)(C)OC. The van der Waals surface area contributed by atoms with Gasteiger partial charge in [0.2, 0.25) is 0 Å². The standard InChI is InChI=1S/C16H26FNO2/c1-6-18-12(2)15-13(17)8-7-9-14(15)20-11-10-16(3,4)19-5/h7-9,12,18H,6,10-11H2,1-5H3. The van der Waals surface area contributed by atoms with E-state index in [0.29, 0.717) is 17.9 Å². The van der Waals surface area contributed by atoms with Crippen LogP contribution in [0.25, 0.3) is 0 Å². The second kappa shape index (κ2) is 7.60. The van der Waals surface area contributed by atoms with E-state index in [1.165, 1.54) is 6.07 Å². The van der Waals surface area contributed by atoms with E-state index in [-0.39, 0.29) is 17.5 Å². The van der Waals surface area contributed by atoms with Crippen LogP contribution in [0, 0.1) is 5.82 Å². The molecule has 1 N–H and O–H groups in total. The molecule has 0 bridgehead atoms. The van der Waals surface area contributed by atoms with Gasteiger partial charge in [0.05, 0.1) is 12.2 Å². The molecule has 0 spiro atoms. The van der Waals surface area contributed by atoms with Gasteiger partial charge in [0.15, 0.2) is 0 Å². The van der Waals surface area contributed by atoms with Gasteiger partial charge in [-0.3, -0.25) is 0 Å². The van der Waals surface area contributed by atoms with Crippen LogP contribution in [0.4, 0.5) is 4.39 Å². The van der Waals surface area contributed by atoms with E-state index >= 15 is 0 Å². The first kappa shape index (κ1) is 16.9. The molecule has 3 nitrogen and oxygen atoms in total. The number of halogens is 1. The highest BCUT2D eigenvalue weighted by Crippen LogP contribution is 2.28. The summed E-state index contributed by atoms with van der Waals surface area (Å²) in [5.41, 5.74) is 0.352. The van der Waals surface area contributed by atoms with Crippen molar-refractivity contribution in [3.05, 3.63) is 29.6 Å². The van der Waals surface area contributed by atoms with Crippen molar-refractivity contribution >= 4 is 0 Å². The van der Waals surface area contributed by atoms with E-state index in [1.54, 1.807) is 13.2 Å². The van der Waals surface area contributed by atoms with Crippen molar-refractivity contribution in [2.24, 2.45) is 0 Å². The first-order valence-corrected chi connectivity index (χ1v) is 7.11. The first-order valence-electron chi connectivity index (χ1n) is 7.11. The van der Waals surface area contributed by atoms with E-state index in [4.69, 9.17) is 9.47 Å². The predicted molar refractivity (Wildman–Crippen MR) is 79.7 cm³/mol. The van der Waals surface area contributed by atoms with Crippen LogP contribution in [0.15, 0.2) is 18.2 Å². The molecule has 1 aromatic rings. The number of ether oxygens (including phenoxy) is 2. The lowest BCUT2D eigenvalue weighted by Crippen LogP contribution is -2.25. The van der Waals surface area contributed by atoms with Crippen molar-refractivity contribution < 1.29 is 13.9 Å². The third-order valence-electron chi connectivity index (χ3n) is 3.47. The summed E-state index contributed by atoms with van der Waals surface area (Å²) >= 11 is 0.